The van der Waals surface area contributed by atoms with Gasteiger partial charge in [-0.05, 0) is 36.1 Å². The molecule has 0 heterocycles. The SMILES string of the molecule is CCC(C)c1ccccc1OC(=O)NC.CNC(=O)Oc1ccccc1. The van der Waals surface area contributed by atoms with Crippen LogP contribution in [-0.2, 0) is 0 Å². The van der Waals surface area contributed by atoms with Gasteiger partial charge in [-0.3, -0.25) is 0 Å². The number of amides is 2. The van der Waals surface area contributed by atoms with Crippen LogP contribution in [0.3, 0.4) is 0 Å². The van der Waals surface area contributed by atoms with Crippen molar-refractivity contribution in [2.24, 2.45) is 0 Å². The van der Waals surface area contributed by atoms with Gasteiger partial charge in [0.05, 0.1) is 0 Å². The van der Waals surface area contributed by atoms with Crippen molar-refractivity contribution in [3.63, 3.8) is 0 Å². The summed E-state index contributed by atoms with van der Waals surface area (Å²) in [4.78, 5) is 21.8. The molecule has 0 aliphatic carbocycles. The lowest BCUT2D eigenvalue weighted by Crippen LogP contribution is -2.22. The van der Waals surface area contributed by atoms with E-state index in [2.05, 4.69) is 24.5 Å². The number of carbonyl (C=O) groups is 2. The Morgan fingerprint density at radius 2 is 1.42 bits per heavy atom. The summed E-state index contributed by atoms with van der Waals surface area (Å²) < 4.78 is 9.98. The Bertz CT molecular complexity index is 689. The lowest BCUT2D eigenvalue weighted by atomic mass is 9.98. The fourth-order valence-corrected chi connectivity index (χ4v) is 2.00. The summed E-state index contributed by atoms with van der Waals surface area (Å²) in [5.41, 5.74) is 1.07. The lowest BCUT2D eigenvalue weighted by Gasteiger charge is -2.13. The van der Waals surface area contributed by atoms with Crippen LogP contribution in [0.5, 0.6) is 11.5 Å². The molecule has 26 heavy (non-hydrogen) atoms. The van der Waals surface area contributed by atoms with E-state index in [-0.39, 0.29) is 0 Å². The van der Waals surface area contributed by atoms with Crippen LogP contribution >= 0.6 is 0 Å². The molecular formula is C20H26N2O4. The van der Waals surface area contributed by atoms with Crippen molar-refractivity contribution >= 4 is 12.2 Å². The topological polar surface area (TPSA) is 76.7 Å². The number of para-hydroxylation sites is 2. The van der Waals surface area contributed by atoms with Crippen LogP contribution in [0.15, 0.2) is 54.6 Å². The van der Waals surface area contributed by atoms with E-state index in [1.165, 1.54) is 7.05 Å². The Morgan fingerprint density at radius 3 is 2.00 bits per heavy atom. The van der Waals surface area contributed by atoms with Gasteiger partial charge in [-0.2, -0.15) is 0 Å². The quantitative estimate of drug-likeness (QED) is 0.853. The molecule has 140 valence electrons. The summed E-state index contributed by atoms with van der Waals surface area (Å²) in [6.45, 7) is 4.23. The van der Waals surface area contributed by atoms with Crippen molar-refractivity contribution in [3.05, 3.63) is 60.2 Å². The summed E-state index contributed by atoms with van der Waals surface area (Å²) in [5.74, 6) is 1.59. The standard InChI is InChI=1S/C12H17NO2.C8H9NO2/c1-4-9(2)10-7-5-6-8-11(10)15-12(14)13-3;1-9-8(10)11-7-5-3-2-4-6-7/h5-9H,4H2,1-3H3,(H,13,14);2-6H,1H3,(H,9,10). The van der Waals surface area contributed by atoms with Crippen LogP contribution in [-0.4, -0.2) is 26.3 Å². The zero-order valence-corrected chi connectivity index (χ0v) is 15.6. The zero-order chi connectivity index (χ0) is 19.4. The van der Waals surface area contributed by atoms with Crippen molar-refractivity contribution in [2.45, 2.75) is 26.2 Å². The molecule has 2 aromatic rings. The molecule has 2 aromatic carbocycles. The second-order valence-corrected chi connectivity index (χ2v) is 5.44. The first kappa shape index (κ1) is 21.0. The highest BCUT2D eigenvalue weighted by Gasteiger charge is 2.11. The molecule has 0 spiro atoms. The van der Waals surface area contributed by atoms with E-state index >= 15 is 0 Å². The number of ether oxygens (including phenoxy) is 2. The van der Waals surface area contributed by atoms with E-state index in [0.29, 0.717) is 17.4 Å². The number of rotatable bonds is 4. The van der Waals surface area contributed by atoms with E-state index in [1.807, 2.05) is 30.3 Å². The first-order valence-electron chi connectivity index (χ1n) is 8.44. The van der Waals surface area contributed by atoms with E-state index in [0.717, 1.165) is 12.0 Å². The molecule has 2 N–H and O–H groups in total. The first-order valence-corrected chi connectivity index (χ1v) is 8.44. The largest absolute Gasteiger partial charge is 0.412 e. The van der Waals surface area contributed by atoms with E-state index in [1.54, 1.807) is 31.3 Å². The van der Waals surface area contributed by atoms with Crippen LogP contribution in [0.1, 0.15) is 31.7 Å². The van der Waals surface area contributed by atoms with E-state index in [9.17, 15) is 9.59 Å². The van der Waals surface area contributed by atoms with Crippen molar-refractivity contribution in [1.82, 2.24) is 10.6 Å². The Kier molecular flexibility index (Phi) is 9.31. The van der Waals surface area contributed by atoms with Gasteiger partial charge < -0.3 is 20.1 Å². The summed E-state index contributed by atoms with van der Waals surface area (Å²) in [6, 6.07) is 16.5. The van der Waals surface area contributed by atoms with Crippen LogP contribution in [0.2, 0.25) is 0 Å². The van der Waals surface area contributed by atoms with Crippen LogP contribution in [0.4, 0.5) is 9.59 Å². The van der Waals surface area contributed by atoms with Crippen molar-refractivity contribution in [3.8, 4) is 11.5 Å². The minimum Gasteiger partial charge on any atom is -0.410 e. The highest BCUT2D eigenvalue weighted by atomic mass is 16.6. The fourth-order valence-electron chi connectivity index (χ4n) is 2.00. The molecule has 2 rings (SSSR count). The number of hydrogen-bond acceptors (Lipinski definition) is 4. The normalized spacial score (nSPS) is 10.6. The average molecular weight is 358 g/mol. The van der Waals surface area contributed by atoms with Gasteiger partial charge in [0.1, 0.15) is 11.5 Å². The van der Waals surface area contributed by atoms with Crippen LogP contribution in [0, 0.1) is 0 Å². The van der Waals surface area contributed by atoms with Crippen LogP contribution < -0.4 is 20.1 Å². The Hall–Kier alpha value is -3.02. The first-order chi connectivity index (χ1) is 12.5. The summed E-state index contributed by atoms with van der Waals surface area (Å²) in [6.07, 6.45) is 0.149. The van der Waals surface area contributed by atoms with Gasteiger partial charge in [-0.15, -0.1) is 0 Å². The molecule has 0 fully saturated rings. The Balaban J connectivity index is 0.000000273. The maximum Gasteiger partial charge on any atom is 0.412 e. The molecule has 0 saturated heterocycles. The van der Waals surface area contributed by atoms with Gasteiger partial charge in [-0.1, -0.05) is 50.2 Å². The average Bonchev–Trinajstić information content (AvgIpc) is 2.68. The predicted molar refractivity (Wildman–Crippen MR) is 102 cm³/mol. The lowest BCUT2D eigenvalue weighted by molar-refractivity contribution is 0.201. The number of benzene rings is 2. The Labute approximate surface area is 154 Å². The van der Waals surface area contributed by atoms with Crippen molar-refractivity contribution in [2.75, 3.05) is 14.1 Å². The molecule has 6 nitrogen and oxygen atoms in total. The molecule has 1 atom stereocenters. The monoisotopic (exact) mass is 358 g/mol. The van der Waals surface area contributed by atoms with E-state index in [4.69, 9.17) is 9.47 Å². The second-order valence-electron chi connectivity index (χ2n) is 5.44. The maximum atomic E-state index is 11.1. The van der Waals surface area contributed by atoms with Gasteiger partial charge >= 0.3 is 12.2 Å². The van der Waals surface area contributed by atoms with Gasteiger partial charge in [0, 0.05) is 14.1 Å². The molecule has 0 radical (unpaired) electrons. The number of hydrogen-bond donors (Lipinski definition) is 2. The third kappa shape index (κ3) is 7.25. The molecule has 0 aromatic heterocycles. The Morgan fingerprint density at radius 1 is 0.885 bits per heavy atom. The fraction of sp³-hybridized carbons (Fsp3) is 0.300. The second kappa shape index (κ2) is 11.5. The third-order valence-electron chi connectivity index (χ3n) is 3.63. The number of nitrogens with one attached hydrogen (secondary N) is 2. The van der Waals surface area contributed by atoms with Crippen LogP contribution in [0.25, 0.3) is 0 Å². The highest BCUT2D eigenvalue weighted by Crippen LogP contribution is 2.28. The summed E-state index contributed by atoms with van der Waals surface area (Å²) >= 11 is 0. The summed E-state index contributed by atoms with van der Waals surface area (Å²) in [7, 11) is 3.07. The van der Waals surface area contributed by atoms with E-state index < -0.39 is 12.2 Å². The van der Waals surface area contributed by atoms with Crippen molar-refractivity contribution < 1.29 is 19.1 Å². The van der Waals surface area contributed by atoms with Crippen molar-refractivity contribution in [1.29, 1.82) is 0 Å². The molecule has 2 amide bonds. The van der Waals surface area contributed by atoms with Gasteiger partial charge in [0.25, 0.3) is 0 Å². The molecular weight excluding hydrogens is 332 g/mol. The minimum atomic E-state index is -0.448. The third-order valence-corrected chi connectivity index (χ3v) is 3.63. The molecule has 0 saturated carbocycles. The highest BCUT2D eigenvalue weighted by molar-refractivity contribution is 5.70. The van der Waals surface area contributed by atoms with Gasteiger partial charge in [0.2, 0.25) is 0 Å². The molecule has 0 bridgehead atoms. The maximum absolute atomic E-state index is 11.1. The smallest absolute Gasteiger partial charge is 0.410 e. The predicted octanol–water partition coefficient (Wildman–Crippen LogP) is 4.32. The zero-order valence-electron chi connectivity index (χ0n) is 15.6. The molecule has 0 aliphatic heterocycles. The minimum absolute atomic E-state index is 0.394. The molecule has 1 unspecified atom stereocenters. The molecule has 0 aliphatic rings. The number of carbonyl (C=O) groups excluding carboxylic acids is 2. The summed E-state index contributed by atoms with van der Waals surface area (Å²) in [5, 5.41) is 4.79. The van der Waals surface area contributed by atoms with Gasteiger partial charge in [-0.25, -0.2) is 9.59 Å². The molecule has 6 heteroatoms. The van der Waals surface area contributed by atoms with Gasteiger partial charge in [0.15, 0.2) is 0 Å².